The Morgan fingerprint density at radius 3 is 2.47 bits per heavy atom. The smallest absolute Gasteiger partial charge is 0.155 e. The first kappa shape index (κ1) is 13.5. The molecule has 1 atom stereocenters. The Morgan fingerprint density at radius 1 is 1.35 bits per heavy atom. The van der Waals surface area contributed by atoms with Crippen LogP contribution in [0.1, 0.15) is 12.5 Å². The van der Waals surface area contributed by atoms with E-state index in [2.05, 4.69) is 6.07 Å². The summed E-state index contributed by atoms with van der Waals surface area (Å²) in [6.07, 6.45) is 0.480. The lowest BCUT2D eigenvalue weighted by atomic mass is 9.98. The van der Waals surface area contributed by atoms with Crippen LogP contribution >= 0.6 is 0 Å². The first-order valence-electron chi connectivity index (χ1n) is 5.42. The molecule has 0 spiro atoms. The van der Waals surface area contributed by atoms with Crippen LogP contribution < -0.4 is 4.74 Å². The molecule has 1 rings (SSSR count). The average Bonchev–Trinajstić information content (AvgIpc) is 2.37. The molecule has 0 aliphatic carbocycles. The molecule has 0 saturated carbocycles. The molecule has 0 fully saturated rings. The van der Waals surface area contributed by atoms with Gasteiger partial charge >= 0.3 is 0 Å². The maximum Gasteiger partial charge on any atom is 0.155 e. The molecule has 92 valence electrons. The van der Waals surface area contributed by atoms with Gasteiger partial charge in [-0.2, -0.15) is 5.26 Å². The number of nitriles is 1. The zero-order valence-corrected chi connectivity index (χ0v) is 10.1. The van der Waals surface area contributed by atoms with Crippen LogP contribution in [0.3, 0.4) is 0 Å². The Hall–Kier alpha value is -1.57. The van der Waals surface area contributed by atoms with E-state index in [9.17, 15) is 0 Å². The van der Waals surface area contributed by atoms with Crippen molar-refractivity contribution in [2.24, 2.45) is 0 Å². The fraction of sp³-hybridized carbons (Fsp3) is 0.462. The average molecular weight is 235 g/mol. The number of benzene rings is 1. The van der Waals surface area contributed by atoms with Crippen LogP contribution in [-0.4, -0.2) is 31.0 Å². The highest BCUT2D eigenvalue weighted by molar-refractivity contribution is 5.29. The van der Waals surface area contributed by atoms with Crippen molar-refractivity contribution in [3.63, 3.8) is 0 Å². The molecule has 1 aromatic carbocycles. The Morgan fingerprint density at radius 2 is 2.00 bits per heavy atom. The van der Waals surface area contributed by atoms with Gasteiger partial charge in [0, 0.05) is 6.42 Å². The van der Waals surface area contributed by atoms with E-state index in [4.69, 9.17) is 19.8 Å². The number of rotatable bonds is 6. The SMILES string of the molecule is COc1ccc(CC(C)(C#N)OCCO)cc1. The molecule has 0 bridgehead atoms. The van der Waals surface area contributed by atoms with Crippen LogP contribution in [0.2, 0.25) is 0 Å². The van der Waals surface area contributed by atoms with Gasteiger partial charge in [-0.05, 0) is 24.6 Å². The first-order valence-corrected chi connectivity index (χ1v) is 5.42. The standard InChI is InChI=1S/C13H17NO3/c1-13(10-14,17-8-7-15)9-11-3-5-12(16-2)6-4-11/h3-6,15H,7-9H2,1-2H3. The molecule has 17 heavy (non-hydrogen) atoms. The number of aliphatic hydroxyl groups excluding tert-OH is 1. The lowest BCUT2D eigenvalue weighted by Crippen LogP contribution is -2.30. The molecule has 0 amide bonds. The molecular weight excluding hydrogens is 218 g/mol. The van der Waals surface area contributed by atoms with Crippen molar-refractivity contribution < 1.29 is 14.6 Å². The van der Waals surface area contributed by atoms with Crippen molar-refractivity contribution in [3.05, 3.63) is 29.8 Å². The summed E-state index contributed by atoms with van der Waals surface area (Å²) in [4.78, 5) is 0. The van der Waals surface area contributed by atoms with Gasteiger partial charge in [0.1, 0.15) is 5.75 Å². The summed E-state index contributed by atoms with van der Waals surface area (Å²) in [5, 5.41) is 17.8. The van der Waals surface area contributed by atoms with Crippen LogP contribution in [0, 0.1) is 11.3 Å². The van der Waals surface area contributed by atoms with Gasteiger partial charge in [0.05, 0.1) is 26.4 Å². The maximum absolute atomic E-state index is 9.09. The van der Waals surface area contributed by atoms with Crippen molar-refractivity contribution in [1.29, 1.82) is 5.26 Å². The van der Waals surface area contributed by atoms with E-state index < -0.39 is 5.60 Å². The number of hydrogen-bond donors (Lipinski definition) is 1. The summed E-state index contributed by atoms with van der Waals surface area (Å²) in [6, 6.07) is 9.62. The fourth-order valence-corrected chi connectivity index (χ4v) is 1.53. The van der Waals surface area contributed by atoms with Gasteiger partial charge in [0.25, 0.3) is 0 Å². The van der Waals surface area contributed by atoms with Gasteiger partial charge in [-0.15, -0.1) is 0 Å². The predicted molar refractivity (Wildman–Crippen MR) is 63.8 cm³/mol. The van der Waals surface area contributed by atoms with Crippen LogP contribution in [0.15, 0.2) is 24.3 Å². The highest BCUT2D eigenvalue weighted by atomic mass is 16.5. The van der Waals surface area contributed by atoms with Gasteiger partial charge in [-0.1, -0.05) is 12.1 Å². The summed E-state index contributed by atoms with van der Waals surface area (Å²) in [5.41, 5.74) is 0.0879. The summed E-state index contributed by atoms with van der Waals surface area (Å²) in [5.74, 6) is 0.781. The number of aliphatic hydroxyl groups is 1. The van der Waals surface area contributed by atoms with Crippen molar-refractivity contribution in [1.82, 2.24) is 0 Å². The molecule has 0 aromatic heterocycles. The van der Waals surface area contributed by atoms with Crippen LogP contribution in [0.25, 0.3) is 0 Å². The van der Waals surface area contributed by atoms with Gasteiger partial charge in [0.15, 0.2) is 5.60 Å². The van der Waals surface area contributed by atoms with E-state index in [0.717, 1.165) is 11.3 Å². The predicted octanol–water partition coefficient (Wildman–Crippen LogP) is 1.53. The Labute approximate surface area is 101 Å². The second kappa shape index (κ2) is 6.24. The third-order valence-corrected chi connectivity index (χ3v) is 2.45. The monoisotopic (exact) mass is 235 g/mol. The van der Waals surface area contributed by atoms with Crippen molar-refractivity contribution in [2.45, 2.75) is 18.9 Å². The van der Waals surface area contributed by atoms with E-state index in [1.165, 1.54) is 0 Å². The number of ether oxygens (including phenoxy) is 2. The van der Waals surface area contributed by atoms with Crippen LogP contribution in [0.4, 0.5) is 0 Å². The lowest BCUT2D eigenvalue weighted by Gasteiger charge is -2.22. The minimum absolute atomic E-state index is 0.0834. The van der Waals surface area contributed by atoms with E-state index in [-0.39, 0.29) is 13.2 Å². The van der Waals surface area contributed by atoms with Crippen LogP contribution in [0.5, 0.6) is 5.75 Å². The normalized spacial score (nSPS) is 13.8. The summed E-state index contributed by atoms with van der Waals surface area (Å²) in [7, 11) is 1.61. The van der Waals surface area contributed by atoms with Gasteiger partial charge in [0.2, 0.25) is 0 Å². The largest absolute Gasteiger partial charge is 0.497 e. The van der Waals surface area contributed by atoms with E-state index >= 15 is 0 Å². The van der Waals surface area contributed by atoms with Gasteiger partial charge in [-0.25, -0.2) is 0 Å². The molecule has 4 nitrogen and oxygen atoms in total. The molecule has 0 aliphatic rings. The molecule has 4 heteroatoms. The Kier molecular flexibility index (Phi) is 4.95. The van der Waals surface area contributed by atoms with Gasteiger partial charge < -0.3 is 14.6 Å². The minimum atomic E-state index is -0.905. The Bertz CT molecular complexity index is 383. The first-order chi connectivity index (χ1) is 8.13. The third kappa shape index (κ3) is 4.06. The minimum Gasteiger partial charge on any atom is -0.497 e. The van der Waals surface area contributed by atoms with E-state index in [1.807, 2.05) is 24.3 Å². The molecule has 0 saturated heterocycles. The zero-order chi connectivity index (χ0) is 12.7. The summed E-state index contributed by atoms with van der Waals surface area (Å²) >= 11 is 0. The molecular formula is C13H17NO3. The van der Waals surface area contributed by atoms with Crippen LogP contribution in [-0.2, 0) is 11.2 Å². The third-order valence-electron chi connectivity index (χ3n) is 2.45. The molecule has 1 unspecified atom stereocenters. The molecule has 1 aromatic rings. The quantitative estimate of drug-likeness (QED) is 0.812. The molecule has 1 N–H and O–H groups in total. The zero-order valence-electron chi connectivity index (χ0n) is 10.1. The molecule has 0 heterocycles. The van der Waals surface area contributed by atoms with Crippen molar-refractivity contribution >= 4 is 0 Å². The summed E-state index contributed by atoms with van der Waals surface area (Å²) < 4.78 is 10.4. The lowest BCUT2D eigenvalue weighted by molar-refractivity contribution is -0.00699. The number of nitrogens with zero attached hydrogens (tertiary/aromatic N) is 1. The summed E-state index contributed by atoms with van der Waals surface area (Å²) in [6.45, 7) is 1.80. The molecule has 0 aliphatic heterocycles. The second-order valence-corrected chi connectivity index (χ2v) is 3.94. The topological polar surface area (TPSA) is 62.5 Å². The highest BCUT2D eigenvalue weighted by Crippen LogP contribution is 2.19. The maximum atomic E-state index is 9.09. The fourth-order valence-electron chi connectivity index (χ4n) is 1.53. The van der Waals surface area contributed by atoms with Gasteiger partial charge in [-0.3, -0.25) is 0 Å². The molecule has 0 radical (unpaired) electrons. The Balaban J connectivity index is 2.70. The van der Waals surface area contributed by atoms with E-state index in [0.29, 0.717) is 6.42 Å². The number of methoxy groups -OCH3 is 1. The van der Waals surface area contributed by atoms with Crippen molar-refractivity contribution in [2.75, 3.05) is 20.3 Å². The second-order valence-electron chi connectivity index (χ2n) is 3.94. The van der Waals surface area contributed by atoms with Crippen molar-refractivity contribution in [3.8, 4) is 11.8 Å². The number of hydrogen-bond acceptors (Lipinski definition) is 4. The van der Waals surface area contributed by atoms with E-state index in [1.54, 1.807) is 14.0 Å². The highest BCUT2D eigenvalue weighted by Gasteiger charge is 2.24.